The van der Waals surface area contributed by atoms with Crippen LogP contribution in [-0.4, -0.2) is 30.9 Å². The van der Waals surface area contributed by atoms with Crippen LogP contribution in [0.15, 0.2) is 55.0 Å². The van der Waals surface area contributed by atoms with Crippen molar-refractivity contribution in [3.05, 3.63) is 55.0 Å². The molecule has 10 heteroatoms. The summed E-state index contributed by atoms with van der Waals surface area (Å²) >= 11 is 0. The summed E-state index contributed by atoms with van der Waals surface area (Å²) in [7, 11) is 0. The van der Waals surface area contributed by atoms with Crippen molar-refractivity contribution in [3.63, 3.8) is 0 Å². The molecule has 5 rings (SSSR count). The normalized spacial score (nSPS) is 14.1. The van der Waals surface area contributed by atoms with Crippen molar-refractivity contribution < 1.29 is 17.9 Å². The van der Waals surface area contributed by atoms with Crippen molar-refractivity contribution in [2.45, 2.75) is 25.2 Å². The standard InChI is InChI=1S/C20H15F3N6O/c21-20(22,23)30-15-3-1-2-13(10-15)26-19-25-11-16-18(28-19)29(14-4-5-14)17(27-16)12-6-8-24-9-7-12/h1-3,6-11,14H,4-5H2,(H,25,26,28). The fraction of sp³-hybridized carbons (Fsp3) is 0.200. The molecule has 0 bridgehead atoms. The van der Waals surface area contributed by atoms with Crippen molar-refractivity contribution in [3.8, 4) is 17.1 Å². The van der Waals surface area contributed by atoms with Gasteiger partial charge in [0.1, 0.15) is 17.1 Å². The molecule has 3 aromatic heterocycles. The number of aromatic nitrogens is 5. The van der Waals surface area contributed by atoms with Gasteiger partial charge in [-0.15, -0.1) is 13.2 Å². The molecule has 152 valence electrons. The van der Waals surface area contributed by atoms with Gasteiger partial charge in [-0.25, -0.2) is 9.97 Å². The monoisotopic (exact) mass is 412 g/mol. The summed E-state index contributed by atoms with van der Waals surface area (Å²) in [4.78, 5) is 17.6. The lowest BCUT2D eigenvalue weighted by Gasteiger charge is -2.11. The number of benzene rings is 1. The first kappa shape index (κ1) is 18.3. The van der Waals surface area contributed by atoms with Crippen LogP contribution in [0.4, 0.5) is 24.8 Å². The number of anilines is 2. The topological polar surface area (TPSA) is 77.8 Å². The van der Waals surface area contributed by atoms with Gasteiger partial charge in [0.2, 0.25) is 5.95 Å². The van der Waals surface area contributed by atoms with Crippen LogP contribution in [0.5, 0.6) is 5.75 Å². The van der Waals surface area contributed by atoms with Gasteiger partial charge in [-0.2, -0.15) is 4.98 Å². The molecule has 0 radical (unpaired) electrons. The van der Waals surface area contributed by atoms with Crippen molar-refractivity contribution >= 4 is 22.8 Å². The third-order valence-corrected chi connectivity index (χ3v) is 4.61. The molecule has 0 spiro atoms. The predicted octanol–water partition coefficient (Wildman–Crippen LogP) is 4.87. The van der Waals surface area contributed by atoms with Crippen molar-refractivity contribution in [1.82, 2.24) is 24.5 Å². The number of imidazole rings is 1. The van der Waals surface area contributed by atoms with Gasteiger partial charge in [0.15, 0.2) is 5.65 Å². The summed E-state index contributed by atoms with van der Waals surface area (Å²) in [6, 6.07) is 9.62. The van der Waals surface area contributed by atoms with Gasteiger partial charge in [0, 0.05) is 35.8 Å². The van der Waals surface area contributed by atoms with Crippen LogP contribution in [-0.2, 0) is 0 Å². The van der Waals surface area contributed by atoms with Gasteiger partial charge in [-0.05, 0) is 37.1 Å². The number of hydrogen-bond acceptors (Lipinski definition) is 6. The van der Waals surface area contributed by atoms with Crippen LogP contribution in [0.1, 0.15) is 18.9 Å². The minimum absolute atomic E-state index is 0.259. The van der Waals surface area contributed by atoms with E-state index in [4.69, 9.17) is 0 Å². The molecular weight excluding hydrogens is 397 g/mol. The highest BCUT2D eigenvalue weighted by Gasteiger charge is 2.31. The van der Waals surface area contributed by atoms with E-state index in [9.17, 15) is 13.2 Å². The number of nitrogens with one attached hydrogen (secondary N) is 1. The van der Waals surface area contributed by atoms with Crippen LogP contribution < -0.4 is 10.1 Å². The van der Waals surface area contributed by atoms with E-state index < -0.39 is 6.36 Å². The second kappa shape index (κ2) is 6.97. The molecule has 0 saturated heterocycles. The summed E-state index contributed by atoms with van der Waals surface area (Å²) in [6.45, 7) is 0. The Kier molecular flexibility index (Phi) is 4.27. The summed E-state index contributed by atoms with van der Waals surface area (Å²) < 4.78 is 43.4. The van der Waals surface area contributed by atoms with E-state index in [1.54, 1.807) is 24.7 Å². The van der Waals surface area contributed by atoms with E-state index in [2.05, 4.69) is 34.6 Å². The molecule has 1 aliphatic rings. The minimum atomic E-state index is -4.76. The maximum absolute atomic E-state index is 12.5. The molecule has 0 aliphatic heterocycles. The van der Waals surface area contributed by atoms with Gasteiger partial charge < -0.3 is 14.6 Å². The van der Waals surface area contributed by atoms with Gasteiger partial charge in [0.05, 0.1) is 6.20 Å². The molecule has 1 N–H and O–H groups in total. The highest BCUT2D eigenvalue weighted by Crippen LogP contribution is 2.40. The van der Waals surface area contributed by atoms with E-state index >= 15 is 0 Å². The number of pyridine rings is 1. The Morgan fingerprint density at radius 2 is 1.87 bits per heavy atom. The molecule has 0 unspecified atom stereocenters. The first-order valence-electron chi connectivity index (χ1n) is 9.24. The molecule has 4 aromatic rings. The summed E-state index contributed by atoms with van der Waals surface area (Å²) in [5.74, 6) is 0.730. The lowest BCUT2D eigenvalue weighted by Crippen LogP contribution is -2.17. The SMILES string of the molecule is FC(F)(F)Oc1cccc(Nc2ncc3nc(-c4ccncc4)n(C4CC4)c3n2)c1. The minimum Gasteiger partial charge on any atom is -0.406 e. The molecule has 3 heterocycles. The Morgan fingerprint density at radius 1 is 1.07 bits per heavy atom. The molecule has 30 heavy (non-hydrogen) atoms. The second-order valence-electron chi connectivity index (χ2n) is 6.88. The third-order valence-electron chi connectivity index (χ3n) is 4.61. The van der Waals surface area contributed by atoms with Gasteiger partial charge in [0.25, 0.3) is 0 Å². The number of rotatable bonds is 5. The Morgan fingerprint density at radius 3 is 2.60 bits per heavy atom. The fourth-order valence-corrected chi connectivity index (χ4v) is 3.23. The molecule has 7 nitrogen and oxygen atoms in total. The van der Waals surface area contributed by atoms with Crippen LogP contribution in [0.2, 0.25) is 0 Å². The quantitative estimate of drug-likeness (QED) is 0.504. The first-order chi connectivity index (χ1) is 14.5. The average Bonchev–Trinajstić information content (AvgIpc) is 3.47. The van der Waals surface area contributed by atoms with E-state index in [0.717, 1.165) is 24.2 Å². The smallest absolute Gasteiger partial charge is 0.406 e. The lowest BCUT2D eigenvalue weighted by molar-refractivity contribution is -0.274. The average molecular weight is 412 g/mol. The zero-order chi connectivity index (χ0) is 20.7. The van der Waals surface area contributed by atoms with Crippen LogP contribution in [0.3, 0.4) is 0 Å². The van der Waals surface area contributed by atoms with E-state index in [-0.39, 0.29) is 11.7 Å². The zero-order valence-corrected chi connectivity index (χ0v) is 15.5. The highest BCUT2D eigenvalue weighted by molar-refractivity contribution is 5.78. The van der Waals surface area contributed by atoms with Crippen LogP contribution in [0, 0.1) is 0 Å². The van der Waals surface area contributed by atoms with Crippen LogP contribution in [0.25, 0.3) is 22.6 Å². The van der Waals surface area contributed by atoms with Crippen molar-refractivity contribution in [2.75, 3.05) is 5.32 Å². The third kappa shape index (κ3) is 3.76. The number of halogens is 3. The molecule has 0 amide bonds. The van der Waals surface area contributed by atoms with E-state index in [0.29, 0.717) is 22.9 Å². The number of nitrogens with zero attached hydrogens (tertiary/aromatic N) is 5. The Bertz CT molecular complexity index is 1200. The van der Waals surface area contributed by atoms with Crippen LogP contribution >= 0.6 is 0 Å². The largest absolute Gasteiger partial charge is 0.573 e. The Balaban J connectivity index is 1.50. The lowest BCUT2D eigenvalue weighted by atomic mass is 10.2. The van der Waals surface area contributed by atoms with Crippen molar-refractivity contribution in [2.24, 2.45) is 0 Å². The molecule has 1 aromatic carbocycles. The Hall–Kier alpha value is -3.69. The summed E-state index contributed by atoms with van der Waals surface area (Å²) in [5.41, 5.74) is 2.63. The van der Waals surface area contributed by atoms with Crippen molar-refractivity contribution in [1.29, 1.82) is 0 Å². The number of alkyl halides is 3. The van der Waals surface area contributed by atoms with E-state index in [1.165, 1.54) is 18.2 Å². The van der Waals surface area contributed by atoms with Gasteiger partial charge >= 0.3 is 6.36 Å². The Labute approximate surface area is 168 Å². The number of fused-ring (bicyclic) bond motifs is 1. The fourth-order valence-electron chi connectivity index (χ4n) is 3.23. The molecule has 1 fully saturated rings. The molecule has 1 saturated carbocycles. The molecule has 0 atom stereocenters. The van der Waals surface area contributed by atoms with Gasteiger partial charge in [-0.3, -0.25) is 4.98 Å². The predicted molar refractivity (Wildman–Crippen MR) is 103 cm³/mol. The number of hydrogen-bond donors (Lipinski definition) is 1. The number of ether oxygens (including phenoxy) is 1. The highest BCUT2D eigenvalue weighted by atomic mass is 19.4. The summed E-state index contributed by atoms with van der Waals surface area (Å²) in [6.07, 6.45) is 2.33. The summed E-state index contributed by atoms with van der Waals surface area (Å²) in [5, 5.41) is 2.94. The van der Waals surface area contributed by atoms with Gasteiger partial charge in [-0.1, -0.05) is 6.07 Å². The first-order valence-corrected chi connectivity index (χ1v) is 9.24. The molecule has 1 aliphatic carbocycles. The zero-order valence-electron chi connectivity index (χ0n) is 15.5. The van der Waals surface area contributed by atoms with E-state index in [1.807, 2.05) is 12.1 Å². The maximum Gasteiger partial charge on any atom is 0.573 e. The molecular formula is C20H15F3N6O. The maximum atomic E-state index is 12.5. The second-order valence-corrected chi connectivity index (χ2v) is 6.88.